The summed E-state index contributed by atoms with van der Waals surface area (Å²) in [4.78, 5) is 16.8. The smallest absolute Gasteiger partial charge is 0.261 e. The van der Waals surface area contributed by atoms with Crippen molar-refractivity contribution in [3.8, 4) is 0 Å². The van der Waals surface area contributed by atoms with Gasteiger partial charge in [0.15, 0.2) is 0 Å². The fraction of sp³-hybridized carbons (Fsp3) is 0.263. The third kappa shape index (κ3) is 4.18. The molecule has 142 valence electrons. The minimum Gasteiger partial charge on any atom is -0.354 e. The molecular formula is C19H20Cl2N4OS. The summed E-state index contributed by atoms with van der Waals surface area (Å²) in [6, 6.07) is 7.27. The standard InChI is InChI=1S/C19H20Cl2N4OS/c1-4-7-27-24-16-9-12(20)8-15(18(16)21)23-13-5-6-14-17(11(13)2)19(26)25(3)10-22-14/h5-6,8-10,23-24H,4,7H2,1-3H3. The van der Waals surface area contributed by atoms with Gasteiger partial charge in [0.05, 0.1) is 33.6 Å². The molecule has 0 fully saturated rings. The molecule has 0 atom stereocenters. The Labute approximate surface area is 172 Å². The number of nitrogens with one attached hydrogen (secondary N) is 2. The number of benzene rings is 2. The van der Waals surface area contributed by atoms with E-state index in [1.807, 2.05) is 19.1 Å². The van der Waals surface area contributed by atoms with E-state index < -0.39 is 0 Å². The Morgan fingerprint density at radius 3 is 2.67 bits per heavy atom. The highest BCUT2D eigenvalue weighted by Crippen LogP contribution is 2.37. The molecule has 3 rings (SSSR count). The number of aromatic nitrogens is 2. The van der Waals surface area contributed by atoms with Crippen molar-refractivity contribution in [1.82, 2.24) is 9.55 Å². The Morgan fingerprint density at radius 1 is 1.19 bits per heavy atom. The van der Waals surface area contributed by atoms with Gasteiger partial charge in [-0.05, 0) is 43.2 Å². The fourth-order valence-electron chi connectivity index (χ4n) is 2.72. The van der Waals surface area contributed by atoms with Crippen molar-refractivity contribution in [2.24, 2.45) is 7.05 Å². The molecule has 0 spiro atoms. The molecule has 2 N–H and O–H groups in total. The molecule has 0 aliphatic carbocycles. The Kier molecular flexibility index (Phi) is 6.19. The molecular weight excluding hydrogens is 403 g/mol. The van der Waals surface area contributed by atoms with E-state index in [1.54, 1.807) is 31.1 Å². The van der Waals surface area contributed by atoms with E-state index in [0.29, 0.717) is 26.6 Å². The van der Waals surface area contributed by atoms with Gasteiger partial charge in [0.25, 0.3) is 5.56 Å². The van der Waals surface area contributed by atoms with Gasteiger partial charge in [-0.1, -0.05) is 42.1 Å². The first kappa shape index (κ1) is 19.9. The summed E-state index contributed by atoms with van der Waals surface area (Å²) in [5.41, 5.74) is 3.59. The zero-order valence-corrected chi connectivity index (χ0v) is 17.6. The van der Waals surface area contributed by atoms with Crippen molar-refractivity contribution in [1.29, 1.82) is 0 Å². The summed E-state index contributed by atoms with van der Waals surface area (Å²) in [6.45, 7) is 4.01. The molecule has 27 heavy (non-hydrogen) atoms. The summed E-state index contributed by atoms with van der Waals surface area (Å²) < 4.78 is 4.71. The summed E-state index contributed by atoms with van der Waals surface area (Å²) in [5.74, 6) is 0.964. The molecule has 0 aliphatic heterocycles. The summed E-state index contributed by atoms with van der Waals surface area (Å²) in [7, 11) is 1.69. The van der Waals surface area contributed by atoms with Gasteiger partial charge in [-0.25, -0.2) is 4.98 Å². The van der Waals surface area contributed by atoms with E-state index in [1.165, 1.54) is 10.9 Å². The Balaban J connectivity index is 2.01. The number of fused-ring (bicyclic) bond motifs is 1. The zero-order chi connectivity index (χ0) is 19.6. The molecule has 0 saturated carbocycles. The van der Waals surface area contributed by atoms with E-state index in [4.69, 9.17) is 23.2 Å². The molecule has 8 heteroatoms. The van der Waals surface area contributed by atoms with Gasteiger partial charge in [-0.15, -0.1) is 0 Å². The molecule has 0 bridgehead atoms. The van der Waals surface area contributed by atoms with Crippen LogP contribution in [0.3, 0.4) is 0 Å². The van der Waals surface area contributed by atoms with Crippen LogP contribution in [0.2, 0.25) is 10.0 Å². The molecule has 0 radical (unpaired) electrons. The monoisotopic (exact) mass is 422 g/mol. The minimum atomic E-state index is -0.0864. The predicted molar refractivity (Wildman–Crippen MR) is 118 cm³/mol. The van der Waals surface area contributed by atoms with Gasteiger partial charge in [-0.3, -0.25) is 4.79 Å². The lowest BCUT2D eigenvalue weighted by Gasteiger charge is -2.16. The molecule has 1 heterocycles. The van der Waals surface area contributed by atoms with Crippen LogP contribution in [0.4, 0.5) is 17.1 Å². The molecule has 2 aromatic carbocycles. The third-order valence-corrected chi connectivity index (χ3v) is 5.74. The number of halogens is 2. The molecule has 0 unspecified atom stereocenters. The number of hydrogen-bond donors (Lipinski definition) is 2. The van der Waals surface area contributed by atoms with Crippen molar-refractivity contribution < 1.29 is 0 Å². The van der Waals surface area contributed by atoms with Crippen molar-refractivity contribution in [3.05, 3.63) is 56.6 Å². The summed E-state index contributed by atoms with van der Waals surface area (Å²) in [5, 5.41) is 5.00. The van der Waals surface area contributed by atoms with Crippen molar-refractivity contribution in [3.63, 3.8) is 0 Å². The first-order valence-electron chi connectivity index (χ1n) is 8.51. The number of rotatable bonds is 6. The van der Waals surface area contributed by atoms with E-state index in [2.05, 4.69) is 21.9 Å². The van der Waals surface area contributed by atoms with Crippen LogP contribution in [0.15, 0.2) is 35.4 Å². The van der Waals surface area contributed by atoms with Crippen molar-refractivity contribution in [2.45, 2.75) is 20.3 Å². The summed E-state index contributed by atoms with van der Waals surface area (Å²) >= 11 is 14.4. The maximum atomic E-state index is 12.5. The van der Waals surface area contributed by atoms with Crippen LogP contribution < -0.4 is 15.6 Å². The lowest BCUT2D eigenvalue weighted by Crippen LogP contribution is -2.18. The number of aryl methyl sites for hydroxylation is 2. The zero-order valence-electron chi connectivity index (χ0n) is 15.3. The lowest BCUT2D eigenvalue weighted by atomic mass is 10.1. The van der Waals surface area contributed by atoms with Gasteiger partial charge in [0.2, 0.25) is 0 Å². The van der Waals surface area contributed by atoms with E-state index >= 15 is 0 Å². The van der Waals surface area contributed by atoms with Crippen molar-refractivity contribution >= 4 is 63.1 Å². The van der Waals surface area contributed by atoms with Crippen LogP contribution in [0.25, 0.3) is 10.9 Å². The average molecular weight is 423 g/mol. The van der Waals surface area contributed by atoms with Gasteiger partial charge in [0.1, 0.15) is 0 Å². The molecule has 0 saturated heterocycles. The second kappa shape index (κ2) is 8.42. The molecule has 0 aliphatic rings. The van der Waals surface area contributed by atoms with Crippen LogP contribution in [-0.2, 0) is 7.05 Å². The average Bonchev–Trinajstić information content (AvgIpc) is 2.64. The van der Waals surface area contributed by atoms with Crippen LogP contribution in [0.1, 0.15) is 18.9 Å². The molecule has 1 aromatic heterocycles. The quantitative estimate of drug-likeness (QED) is 0.390. The highest BCUT2D eigenvalue weighted by atomic mass is 35.5. The lowest BCUT2D eigenvalue weighted by molar-refractivity contribution is 0.842. The predicted octanol–water partition coefficient (Wildman–Crippen LogP) is 5.76. The van der Waals surface area contributed by atoms with E-state index in [9.17, 15) is 4.79 Å². The maximum Gasteiger partial charge on any atom is 0.261 e. The van der Waals surface area contributed by atoms with Gasteiger partial charge >= 0.3 is 0 Å². The Hall–Kier alpha value is -1.89. The van der Waals surface area contributed by atoms with Crippen molar-refractivity contribution in [2.75, 3.05) is 15.8 Å². The van der Waals surface area contributed by atoms with Crippen LogP contribution in [0.5, 0.6) is 0 Å². The fourth-order valence-corrected chi connectivity index (χ4v) is 3.82. The second-order valence-corrected chi connectivity index (χ2v) is 7.90. The van der Waals surface area contributed by atoms with Crippen LogP contribution >= 0.6 is 35.1 Å². The first-order chi connectivity index (χ1) is 12.9. The maximum absolute atomic E-state index is 12.5. The number of anilines is 3. The van der Waals surface area contributed by atoms with Gasteiger partial charge in [0, 0.05) is 23.5 Å². The highest BCUT2D eigenvalue weighted by Gasteiger charge is 2.13. The first-order valence-corrected chi connectivity index (χ1v) is 10.2. The SMILES string of the molecule is CCCSNc1cc(Cl)cc(Nc2ccc3ncn(C)c(=O)c3c2C)c1Cl. The third-order valence-electron chi connectivity index (χ3n) is 4.14. The highest BCUT2D eigenvalue weighted by molar-refractivity contribution is 8.00. The molecule has 5 nitrogen and oxygen atoms in total. The van der Waals surface area contributed by atoms with E-state index in [0.717, 1.165) is 29.1 Å². The molecule has 3 aromatic rings. The van der Waals surface area contributed by atoms with E-state index in [-0.39, 0.29) is 5.56 Å². The number of nitrogens with zero attached hydrogens (tertiary/aromatic N) is 2. The largest absolute Gasteiger partial charge is 0.354 e. The van der Waals surface area contributed by atoms with Gasteiger partial charge in [-0.2, -0.15) is 0 Å². The topological polar surface area (TPSA) is 59.0 Å². The number of hydrogen-bond acceptors (Lipinski definition) is 5. The Morgan fingerprint density at radius 2 is 1.93 bits per heavy atom. The molecule has 0 amide bonds. The van der Waals surface area contributed by atoms with Crippen LogP contribution in [0, 0.1) is 6.92 Å². The van der Waals surface area contributed by atoms with Crippen LogP contribution in [-0.4, -0.2) is 15.3 Å². The normalized spacial score (nSPS) is 11.0. The van der Waals surface area contributed by atoms with Gasteiger partial charge < -0.3 is 14.6 Å². The minimum absolute atomic E-state index is 0.0864. The Bertz CT molecular complexity index is 1050. The second-order valence-electron chi connectivity index (χ2n) is 6.18. The summed E-state index contributed by atoms with van der Waals surface area (Å²) in [6.07, 6.45) is 2.58.